The van der Waals surface area contributed by atoms with Crippen molar-refractivity contribution in [2.24, 2.45) is 0 Å². The van der Waals surface area contributed by atoms with Crippen LogP contribution in [0.5, 0.6) is 0 Å². The van der Waals surface area contributed by atoms with Gasteiger partial charge in [0.25, 0.3) is 0 Å². The highest BCUT2D eigenvalue weighted by molar-refractivity contribution is 5.90. The molecule has 0 aliphatic carbocycles. The predicted molar refractivity (Wildman–Crippen MR) is 50.9 cm³/mol. The second-order valence-corrected chi connectivity index (χ2v) is 2.34. The average Bonchev–Trinajstić information content (AvgIpc) is 2.19. The first-order valence-electron chi connectivity index (χ1n) is 3.93. The highest BCUT2D eigenvalue weighted by Gasteiger charge is 2.10. The van der Waals surface area contributed by atoms with Gasteiger partial charge in [0.2, 0.25) is 0 Å². The summed E-state index contributed by atoms with van der Waals surface area (Å²) in [5, 5.41) is 11.5. The minimum absolute atomic E-state index is 0.0922. The molecule has 72 valence electrons. The van der Waals surface area contributed by atoms with Crippen molar-refractivity contribution in [3.63, 3.8) is 0 Å². The van der Waals surface area contributed by atoms with E-state index >= 15 is 0 Å². The molecule has 0 saturated carbocycles. The quantitative estimate of drug-likeness (QED) is 0.684. The number of nitrogens with one attached hydrogen (secondary N) is 1. The summed E-state index contributed by atoms with van der Waals surface area (Å²) in [6.45, 7) is 2.06. The third-order valence-corrected chi connectivity index (χ3v) is 1.42. The van der Waals surface area contributed by atoms with E-state index in [0.717, 1.165) is 0 Å². The average molecular weight is 191 g/mol. The van der Waals surface area contributed by atoms with E-state index < -0.39 is 5.97 Å². The van der Waals surface area contributed by atoms with Crippen molar-refractivity contribution in [3.8, 4) is 11.8 Å². The van der Waals surface area contributed by atoms with Crippen LogP contribution in [0.2, 0.25) is 0 Å². The summed E-state index contributed by atoms with van der Waals surface area (Å²) in [5.41, 5.74) is -0.0922. The number of carboxylic acid groups (broad SMARTS) is 1. The fourth-order valence-electron chi connectivity index (χ4n) is 0.840. The number of carboxylic acids is 1. The maximum Gasteiger partial charge on any atom is 0.358 e. The van der Waals surface area contributed by atoms with Crippen LogP contribution in [-0.4, -0.2) is 27.6 Å². The van der Waals surface area contributed by atoms with E-state index in [1.54, 1.807) is 6.92 Å². The molecule has 0 unspecified atom stereocenters. The van der Waals surface area contributed by atoms with Gasteiger partial charge in [0.1, 0.15) is 0 Å². The number of aromatic carboxylic acids is 1. The molecular weight excluding hydrogens is 182 g/mol. The molecule has 0 atom stereocenters. The highest BCUT2D eigenvalue weighted by atomic mass is 16.4. The zero-order valence-corrected chi connectivity index (χ0v) is 7.61. The van der Waals surface area contributed by atoms with E-state index in [1.165, 1.54) is 12.4 Å². The van der Waals surface area contributed by atoms with Crippen LogP contribution in [0.25, 0.3) is 0 Å². The largest absolute Gasteiger partial charge is 0.476 e. The topological polar surface area (TPSA) is 75.1 Å². The van der Waals surface area contributed by atoms with Crippen LogP contribution in [0.1, 0.15) is 17.4 Å². The lowest BCUT2D eigenvalue weighted by molar-refractivity contribution is 0.0691. The summed E-state index contributed by atoms with van der Waals surface area (Å²) in [5.74, 6) is 4.55. The summed E-state index contributed by atoms with van der Waals surface area (Å²) in [7, 11) is 0. The minimum atomic E-state index is -1.11. The molecule has 1 rings (SSSR count). The number of nitrogens with zero attached hydrogens (tertiary/aromatic N) is 2. The van der Waals surface area contributed by atoms with Gasteiger partial charge in [-0.1, -0.05) is 5.92 Å². The van der Waals surface area contributed by atoms with Crippen LogP contribution in [0.3, 0.4) is 0 Å². The number of hydrogen-bond donors (Lipinski definition) is 2. The summed E-state index contributed by atoms with van der Waals surface area (Å²) < 4.78 is 0. The molecule has 0 saturated heterocycles. The van der Waals surface area contributed by atoms with Gasteiger partial charge in [0.15, 0.2) is 11.5 Å². The van der Waals surface area contributed by atoms with Crippen molar-refractivity contribution in [1.82, 2.24) is 9.97 Å². The molecule has 14 heavy (non-hydrogen) atoms. The Balaban J connectivity index is 2.83. The maximum absolute atomic E-state index is 10.7. The van der Waals surface area contributed by atoms with Crippen LogP contribution >= 0.6 is 0 Å². The number of rotatable bonds is 3. The van der Waals surface area contributed by atoms with E-state index in [2.05, 4.69) is 27.1 Å². The normalized spacial score (nSPS) is 8.64. The molecule has 0 amide bonds. The van der Waals surface area contributed by atoms with Gasteiger partial charge in [-0.15, -0.1) is 5.92 Å². The second-order valence-electron chi connectivity index (χ2n) is 2.34. The summed E-state index contributed by atoms with van der Waals surface area (Å²) in [6, 6.07) is 0. The van der Waals surface area contributed by atoms with E-state index in [9.17, 15) is 4.79 Å². The van der Waals surface area contributed by atoms with Crippen LogP contribution < -0.4 is 5.32 Å². The van der Waals surface area contributed by atoms with Gasteiger partial charge in [-0.2, -0.15) is 0 Å². The Morgan fingerprint density at radius 3 is 2.93 bits per heavy atom. The van der Waals surface area contributed by atoms with E-state index in [4.69, 9.17) is 5.11 Å². The van der Waals surface area contributed by atoms with Crippen LogP contribution in [-0.2, 0) is 0 Å². The lowest BCUT2D eigenvalue weighted by Crippen LogP contribution is -2.10. The Hall–Kier alpha value is -2.09. The predicted octanol–water partition coefficient (Wildman–Crippen LogP) is 0.610. The van der Waals surface area contributed by atoms with Gasteiger partial charge in [0.05, 0.1) is 6.54 Å². The zero-order chi connectivity index (χ0) is 10.4. The van der Waals surface area contributed by atoms with Crippen molar-refractivity contribution in [2.75, 3.05) is 11.9 Å². The summed E-state index contributed by atoms with van der Waals surface area (Å²) in [4.78, 5) is 18.2. The Bertz CT molecular complexity index is 393. The number of hydrogen-bond acceptors (Lipinski definition) is 4. The van der Waals surface area contributed by atoms with Crippen molar-refractivity contribution in [2.45, 2.75) is 6.92 Å². The number of carbonyl (C=O) groups is 1. The summed E-state index contributed by atoms with van der Waals surface area (Å²) >= 11 is 0. The smallest absolute Gasteiger partial charge is 0.358 e. The van der Waals surface area contributed by atoms with Gasteiger partial charge >= 0.3 is 5.97 Å². The first-order chi connectivity index (χ1) is 6.75. The molecule has 0 fully saturated rings. The lowest BCUT2D eigenvalue weighted by Gasteiger charge is -2.02. The number of aromatic nitrogens is 2. The Morgan fingerprint density at radius 2 is 2.29 bits per heavy atom. The third kappa shape index (κ3) is 2.45. The highest BCUT2D eigenvalue weighted by Crippen LogP contribution is 2.06. The molecule has 1 aromatic rings. The fourth-order valence-corrected chi connectivity index (χ4v) is 0.840. The molecule has 5 nitrogen and oxygen atoms in total. The minimum Gasteiger partial charge on any atom is -0.476 e. The second kappa shape index (κ2) is 4.82. The molecular formula is C9H9N3O2. The molecule has 0 spiro atoms. The SMILES string of the molecule is CC#CCNc1nccnc1C(=O)O. The van der Waals surface area contributed by atoms with Crippen molar-refractivity contribution >= 4 is 11.8 Å². The Kier molecular flexibility index (Phi) is 3.44. The Morgan fingerprint density at radius 1 is 1.57 bits per heavy atom. The zero-order valence-electron chi connectivity index (χ0n) is 7.61. The van der Waals surface area contributed by atoms with Crippen molar-refractivity contribution < 1.29 is 9.90 Å². The third-order valence-electron chi connectivity index (χ3n) is 1.42. The maximum atomic E-state index is 10.7. The van der Waals surface area contributed by atoms with Crippen LogP contribution in [0.15, 0.2) is 12.4 Å². The van der Waals surface area contributed by atoms with E-state index in [0.29, 0.717) is 6.54 Å². The fraction of sp³-hybridized carbons (Fsp3) is 0.222. The Labute approximate surface area is 81.2 Å². The molecule has 1 heterocycles. The van der Waals surface area contributed by atoms with E-state index in [-0.39, 0.29) is 11.5 Å². The molecule has 0 bridgehead atoms. The molecule has 0 radical (unpaired) electrons. The van der Waals surface area contributed by atoms with Gasteiger partial charge < -0.3 is 10.4 Å². The molecule has 0 aliphatic heterocycles. The van der Waals surface area contributed by atoms with Crippen molar-refractivity contribution in [3.05, 3.63) is 18.1 Å². The van der Waals surface area contributed by atoms with Gasteiger partial charge in [-0.3, -0.25) is 0 Å². The van der Waals surface area contributed by atoms with Crippen molar-refractivity contribution in [1.29, 1.82) is 0 Å². The molecule has 0 aromatic carbocycles. The monoisotopic (exact) mass is 191 g/mol. The van der Waals surface area contributed by atoms with Gasteiger partial charge in [-0.05, 0) is 6.92 Å². The van der Waals surface area contributed by atoms with E-state index in [1.807, 2.05) is 0 Å². The first-order valence-corrected chi connectivity index (χ1v) is 3.93. The standard InChI is InChI=1S/C9H9N3O2/c1-2-3-4-11-8-7(9(13)14)10-5-6-12-8/h5-6H,4H2,1H3,(H,11,12)(H,13,14). The van der Waals surface area contributed by atoms with Gasteiger partial charge in [0, 0.05) is 12.4 Å². The summed E-state index contributed by atoms with van der Waals surface area (Å²) in [6.07, 6.45) is 2.76. The lowest BCUT2D eigenvalue weighted by atomic mass is 10.4. The molecule has 0 aliphatic rings. The number of anilines is 1. The molecule has 2 N–H and O–H groups in total. The van der Waals surface area contributed by atoms with Crippen LogP contribution in [0, 0.1) is 11.8 Å². The van der Waals surface area contributed by atoms with Crippen LogP contribution in [0.4, 0.5) is 5.82 Å². The molecule has 5 heteroatoms. The molecule has 1 aromatic heterocycles. The first kappa shape index (κ1) is 9.99. The van der Waals surface area contributed by atoms with Gasteiger partial charge in [-0.25, -0.2) is 14.8 Å².